The Morgan fingerprint density at radius 2 is 2.19 bits per heavy atom. The van der Waals surface area contributed by atoms with Crippen molar-refractivity contribution >= 4 is 27.3 Å². The predicted molar refractivity (Wildman–Crippen MR) is 80.0 cm³/mol. The Labute approximate surface area is 127 Å². The minimum absolute atomic E-state index is 0.0184. The van der Waals surface area contributed by atoms with Gasteiger partial charge in [0.25, 0.3) is 10.0 Å². The van der Waals surface area contributed by atoms with E-state index in [4.69, 9.17) is 22.1 Å². The van der Waals surface area contributed by atoms with E-state index in [1.54, 1.807) is 19.1 Å². The van der Waals surface area contributed by atoms with Crippen molar-refractivity contribution in [2.45, 2.75) is 18.4 Å². The Hall–Kier alpha value is -1.77. The van der Waals surface area contributed by atoms with Crippen LogP contribution < -0.4 is 15.2 Å². The van der Waals surface area contributed by atoms with Gasteiger partial charge >= 0.3 is 0 Å². The van der Waals surface area contributed by atoms with E-state index in [2.05, 4.69) is 14.9 Å². The van der Waals surface area contributed by atoms with Crippen LogP contribution in [0.25, 0.3) is 0 Å². The van der Waals surface area contributed by atoms with Crippen LogP contribution in [0.2, 0.25) is 5.02 Å². The molecule has 0 bridgehead atoms. The van der Waals surface area contributed by atoms with Crippen molar-refractivity contribution in [2.24, 2.45) is 5.73 Å². The number of methoxy groups -OCH3 is 1. The van der Waals surface area contributed by atoms with Crippen LogP contribution in [-0.2, 0) is 16.6 Å². The van der Waals surface area contributed by atoms with Crippen molar-refractivity contribution in [1.82, 2.24) is 10.2 Å². The molecule has 9 heteroatoms. The van der Waals surface area contributed by atoms with Crippen molar-refractivity contribution in [1.29, 1.82) is 0 Å². The summed E-state index contributed by atoms with van der Waals surface area (Å²) in [6.07, 6.45) is 0. The Morgan fingerprint density at radius 3 is 2.81 bits per heavy atom. The average molecular weight is 331 g/mol. The second kappa shape index (κ2) is 5.92. The van der Waals surface area contributed by atoms with Gasteiger partial charge in [0.1, 0.15) is 10.6 Å². The second-order valence-electron chi connectivity index (χ2n) is 4.28. The SMILES string of the molecule is COc1cc(NS(=O)(=O)c2c(CN)n[nH]c2C)ccc1Cl. The first-order valence-corrected chi connectivity index (χ1v) is 7.85. The molecule has 0 saturated carbocycles. The van der Waals surface area contributed by atoms with Crippen molar-refractivity contribution in [3.63, 3.8) is 0 Å². The van der Waals surface area contributed by atoms with Crippen LogP contribution >= 0.6 is 11.6 Å². The number of H-pyrrole nitrogens is 1. The molecule has 0 amide bonds. The summed E-state index contributed by atoms with van der Waals surface area (Å²) in [5, 5.41) is 6.88. The highest BCUT2D eigenvalue weighted by Gasteiger charge is 2.24. The van der Waals surface area contributed by atoms with Crippen LogP contribution in [0.3, 0.4) is 0 Å². The zero-order valence-corrected chi connectivity index (χ0v) is 13.0. The number of sulfonamides is 1. The number of ether oxygens (including phenoxy) is 1. The quantitative estimate of drug-likeness (QED) is 0.772. The van der Waals surface area contributed by atoms with E-state index < -0.39 is 10.0 Å². The van der Waals surface area contributed by atoms with Crippen molar-refractivity contribution in [2.75, 3.05) is 11.8 Å². The average Bonchev–Trinajstić information content (AvgIpc) is 2.82. The number of nitrogens with two attached hydrogens (primary N) is 1. The molecule has 0 fully saturated rings. The molecule has 0 aliphatic rings. The van der Waals surface area contributed by atoms with Gasteiger partial charge in [-0.2, -0.15) is 5.10 Å². The molecule has 0 saturated heterocycles. The summed E-state index contributed by atoms with van der Waals surface area (Å²) < 4.78 is 32.4. The molecular formula is C12H15ClN4O3S. The Kier molecular flexibility index (Phi) is 4.40. The lowest BCUT2D eigenvalue weighted by molar-refractivity contribution is 0.415. The van der Waals surface area contributed by atoms with E-state index in [0.29, 0.717) is 22.2 Å². The first-order valence-electron chi connectivity index (χ1n) is 5.99. The maximum atomic E-state index is 12.4. The van der Waals surface area contributed by atoms with Gasteiger partial charge in [-0.1, -0.05) is 11.6 Å². The third-order valence-electron chi connectivity index (χ3n) is 2.83. The largest absolute Gasteiger partial charge is 0.495 e. The summed E-state index contributed by atoms with van der Waals surface area (Å²) in [6, 6.07) is 4.58. The van der Waals surface area contributed by atoms with E-state index in [-0.39, 0.29) is 17.1 Å². The number of nitrogens with zero attached hydrogens (tertiary/aromatic N) is 1. The second-order valence-corrected chi connectivity index (χ2v) is 6.31. The summed E-state index contributed by atoms with van der Waals surface area (Å²) in [4.78, 5) is 0.0546. The monoisotopic (exact) mass is 330 g/mol. The lowest BCUT2D eigenvalue weighted by Crippen LogP contribution is -2.16. The standard InChI is InChI=1S/C12H15ClN4O3S/c1-7-12(10(6-14)16-15-7)21(18,19)17-8-3-4-9(13)11(5-8)20-2/h3-5,17H,6,14H2,1-2H3,(H,15,16). The molecule has 2 aromatic rings. The molecule has 114 valence electrons. The third-order valence-corrected chi connectivity index (χ3v) is 4.72. The number of aromatic amines is 1. The number of rotatable bonds is 5. The number of anilines is 1. The van der Waals surface area contributed by atoms with Crippen LogP contribution in [0.4, 0.5) is 5.69 Å². The summed E-state index contributed by atoms with van der Waals surface area (Å²) in [5.74, 6) is 0.375. The Bertz CT molecular complexity index is 758. The number of aryl methyl sites for hydroxylation is 1. The summed E-state index contributed by atoms with van der Waals surface area (Å²) in [7, 11) is -2.35. The van der Waals surface area contributed by atoms with Crippen LogP contribution in [0.5, 0.6) is 5.75 Å². The molecule has 7 nitrogen and oxygen atoms in total. The molecule has 21 heavy (non-hydrogen) atoms. The van der Waals surface area contributed by atoms with E-state index in [1.807, 2.05) is 0 Å². The van der Waals surface area contributed by atoms with Crippen molar-refractivity contribution < 1.29 is 13.2 Å². The van der Waals surface area contributed by atoms with E-state index in [9.17, 15) is 8.42 Å². The highest BCUT2D eigenvalue weighted by Crippen LogP contribution is 2.29. The van der Waals surface area contributed by atoms with Crippen molar-refractivity contribution in [3.05, 3.63) is 34.6 Å². The lowest BCUT2D eigenvalue weighted by Gasteiger charge is -2.10. The number of nitrogens with one attached hydrogen (secondary N) is 2. The first kappa shape index (κ1) is 15.6. The molecule has 0 aliphatic carbocycles. The van der Waals surface area contributed by atoms with Crippen LogP contribution in [0.1, 0.15) is 11.4 Å². The molecular weight excluding hydrogens is 316 g/mol. The molecule has 0 atom stereocenters. The van der Waals surface area contributed by atoms with E-state index >= 15 is 0 Å². The number of halogens is 1. The zero-order valence-electron chi connectivity index (χ0n) is 11.5. The zero-order chi connectivity index (χ0) is 15.6. The molecule has 1 aromatic carbocycles. The van der Waals surface area contributed by atoms with E-state index in [0.717, 1.165) is 0 Å². The maximum absolute atomic E-state index is 12.4. The van der Waals surface area contributed by atoms with Gasteiger partial charge in [0.15, 0.2) is 0 Å². The molecule has 4 N–H and O–H groups in total. The topological polar surface area (TPSA) is 110 Å². The first-order chi connectivity index (χ1) is 9.89. The van der Waals surface area contributed by atoms with Gasteiger partial charge in [0.2, 0.25) is 0 Å². The smallest absolute Gasteiger partial charge is 0.265 e. The fourth-order valence-corrected chi connectivity index (χ4v) is 3.52. The highest BCUT2D eigenvalue weighted by atomic mass is 35.5. The van der Waals surface area contributed by atoms with E-state index in [1.165, 1.54) is 13.2 Å². The number of benzene rings is 1. The van der Waals surface area contributed by atoms with Gasteiger partial charge in [-0.3, -0.25) is 9.82 Å². The van der Waals surface area contributed by atoms with Gasteiger partial charge in [0.05, 0.1) is 29.2 Å². The molecule has 2 rings (SSSR count). The molecule has 0 spiro atoms. The number of hydrogen-bond acceptors (Lipinski definition) is 5. The summed E-state index contributed by atoms with van der Waals surface area (Å²) in [6.45, 7) is 1.63. The van der Waals surface area contributed by atoms with Gasteiger partial charge in [-0.15, -0.1) is 0 Å². The van der Waals surface area contributed by atoms with Gasteiger partial charge in [0, 0.05) is 12.6 Å². The Morgan fingerprint density at radius 1 is 1.48 bits per heavy atom. The van der Waals surface area contributed by atoms with Crippen molar-refractivity contribution in [3.8, 4) is 5.75 Å². The summed E-state index contributed by atoms with van der Waals surface area (Å²) in [5.41, 5.74) is 6.54. The lowest BCUT2D eigenvalue weighted by atomic mass is 10.3. The van der Waals surface area contributed by atoms with Crippen LogP contribution in [-0.4, -0.2) is 25.7 Å². The fourth-order valence-electron chi connectivity index (χ4n) is 1.89. The fraction of sp³-hybridized carbons (Fsp3) is 0.250. The molecule has 1 aromatic heterocycles. The van der Waals surface area contributed by atoms with Crippen LogP contribution in [0.15, 0.2) is 23.1 Å². The normalized spacial score (nSPS) is 11.4. The maximum Gasteiger partial charge on any atom is 0.265 e. The minimum Gasteiger partial charge on any atom is -0.495 e. The summed E-state index contributed by atoms with van der Waals surface area (Å²) >= 11 is 5.91. The number of hydrogen-bond donors (Lipinski definition) is 3. The van der Waals surface area contributed by atoms with Gasteiger partial charge < -0.3 is 10.5 Å². The van der Waals surface area contributed by atoms with Crippen LogP contribution in [0, 0.1) is 6.92 Å². The highest BCUT2D eigenvalue weighted by molar-refractivity contribution is 7.92. The third kappa shape index (κ3) is 3.12. The van der Waals surface area contributed by atoms with Gasteiger partial charge in [-0.25, -0.2) is 8.42 Å². The van der Waals surface area contributed by atoms with Gasteiger partial charge in [-0.05, 0) is 19.1 Å². The molecule has 0 aliphatic heterocycles. The molecule has 0 unspecified atom stereocenters. The number of aromatic nitrogens is 2. The minimum atomic E-state index is -3.80. The molecule has 0 radical (unpaired) electrons. The Balaban J connectivity index is 2.40. The predicted octanol–water partition coefficient (Wildman–Crippen LogP) is 1.64. The molecule has 1 heterocycles.